The van der Waals surface area contributed by atoms with Crippen molar-refractivity contribution in [2.24, 2.45) is 0 Å². The lowest BCUT2D eigenvalue weighted by atomic mass is 10.1. The van der Waals surface area contributed by atoms with Crippen molar-refractivity contribution >= 4 is 44.3 Å². The second kappa shape index (κ2) is 9.43. The molecule has 154 valence electrons. The monoisotopic (exact) mass is 452 g/mol. The van der Waals surface area contributed by atoms with Crippen LogP contribution in [0.1, 0.15) is 34.6 Å². The van der Waals surface area contributed by atoms with E-state index in [0.717, 1.165) is 27.6 Å². The van der Waals surface area contributed by atoms with E-state index >= 15 is 0 Å². The number of amides is 1. The number of carbonyl (C=O) groups is 1. The van der Waals surface area contributed by atoms with Crippen LogP contribution in [0.4, 0.5) is 16.2 Å². The molecule has 0 saturated heterocycles. The maximum Gasteiger partial charge on any atom is 0.410 e. The molecule has 1 aromatic heterocycles. The Kier molecular flexibility index (Phi) is 7.48. The highest BCUT2D eigenvalue weighted by atomic mass is 79.9. The summed E-state index contributed by atoms with van der Waals surface area (Å²) in [5.74, 6) is 0. The van der Waals surface area contributed by atoms with Crippen molar-refractivity contribution in [1.29, 1.82) is 0 Å². The Hall–Kier alpha value is -2.06. The smallest absolute Gasteiger partial charge is 0.410 e. The summed E-state index contributed by atoms with van der Waals surface area (Å²) in [5, 5.41) is 17.9. The summed E-state index contributed by atoms with van der Waals surface area (Å²) in [6.45, 7) is 10.5. The number of ether oxygens (including phenoxy) is 1. The maximum atomic E-state index is 12.3. The number of aliphatic hydroxyl groups is 1. The Morgan fingerprint density at radius 2 is 2.07 bits per heavy atom. The number of fused-ring (bicyclic) bond motifs is 1. The fourth-order valence-electron chi connectivity index (χ4n) is 2.74. The second-order valence-corrected chi connectivity index (χ2v) is 8.33. The Morgan fingerprint density at radius 3 is 2.68 bits per heavy atom. The third-order valence-electron chi connectivity index (χ3n) is 3.93. The molecule has 0 aliphatic rings. The number of anilines is 2. The van der Waals surface area contributed by atoms with Crippen LogP contribution in [0, 0.1) is 0 Å². The third-order valence-corrected chi connectivity index (χ3v) is 4.43. The summed E-state index contributed by atoms with van der Waals surface area (Å²) in [4.78, 5) is 18.2. The van der Waals surface area contributed by atoms with Gasteiger partial charge in [-0.15, -0.1) is 0 Å². The Labute approximate surface area is 174 Å². The second-order valence-electron chi connectivity index (χ2n) is 7.42. The molecular formula is C20H29BrN4O3. The van der Waals surface area contributed by atoms with E-state index in [2.05, 4.69) is 31.5 Å². The zero-order valence-corrected chi connectivity index (χ0v) is 18.6. The Bertz CT molecular complexity index is 823. The van der Waals surface area contributed by atoms with E-state index in [1.54, 1.807) is 6.20 Å². The van der Waals surface area contributed by atoms with E-state index in [1.165, 1.54) is 4.90 Å². The molecule has 1 atom stereocenters. The minimum atomic E-state index is -0.973. The number of benzene rings is 1. The number of carbonyl (C=O) groups excluding carboxylic acids is 1. The van der Waals surface area contributed by atoms with Crippen molar-refractivity contribution in [2.75, 3.05) is 30.3 Å². The first-order chi connectivity index (χ1) is 13.1. The summed E-state index contributed by atoms with van der Waals surface area (Å²) in [6.07, 6.45) is 0.253. The number of nitrogens with zero attached hydrogens (tertiary/aromatic N) is 2. The first-order valence-corrected chi connectivity index (χ1v) is 10.2. The minimum Gasteiger partial charge on any atom is -0.444 e. The van der Waals surface area contributed by atoms with E-state index in [0.29, 0.717) is 12.2 Å². The molecular weight excluding hydrogens is 424 g/mol. The summed E-state index contributed by atoms with van der Waals surface area (Å²) in [5.41, 5.74) is 1.79. The molecule has 1 aromatic carbocycles. The number of pyridine rings is 1. The van der Waals surface area contributed by atoms with Crippen LogP contribution in [0.15, 0.2) is 28.9 Å². The highest BCUT2D eigenvalue weighted by molar-refractivity contribution is 9.10. The van der Waals surface area contributed by atoms with Gasteiger partial charge in [0, 0.05) is 22.9 Å². The van der Waals surface area contributed by atoms with Crippen molar-refractivity contribution in [3.05, 3.63) is 28.9 Å². The van der Waals surface area contributed by atoms with Gasteiger partial charge in [0.15, 0.2) is 0 Å². The summed E-state index contributed by atoms with van der Waals surface area (Å²) < 4.78 is 6.34. The highest BCUT2D eigenvalue weighted by Crippen LogP contribution is 2.31. The lowest BCUT2D eigenvalue weighted by molar-refractivity contribution is 0.0181. The standard InChI is InChI=1S/C20H29BrN4O3/c1-6-22-18-14-9-8-13(21)10-15(14)23-11-16(18)24-17(26)12-25(7-2)19(27)28-20(3,4)5/h8-11,17,24,26H,6-7,12H2,1-5H3,(H,22,23). The van der Waals surface area contributed by atoms with Crippen LogP contribution >= 0.6 is 15.9 Å². The SMILES string of the molecule is CCNc1c(NC(O)CN(CC)C(=O)OC(C)(C)C)cnc2cc(Br)ccc12. The lowest BCUT2D eigenvalue weighted by Crippen LogP contribution is -2.43. The fraction of sp³-hybridized carbons (Fsp3) is 0.500. The van der Waals surface area contributed by atoms with Gasteiger partial charge >= 0.3 is 6.09 Å². The van der Waals surface area contributed by atoms with E-state index in [1.807, 2.05) is 52.8 Å². The maximum absolute atomic E-state index is 12.3. The van der Waals surface area contributed by atoms with Crippen molar-refractivity contribution in [2.45, 2.75) is 46.4 Å². The molecule has 7 nitrogen and oxygen atoms in total. The van der Waals surface area contributed by atoms with E-state index in [4.69, 9.17) is 4.74 Å². The van der Waals surface area contributed by atoms with Crippen molar-refractivity contribution in [3.8, 4) is 0 Å². The van der Waals surface area contributed by atoms with Gasteiger partial charge in [0.1, 0.15) is 11.8 Å². The topological polar surface area (TPSA) is 86.7 Å². The summed E-state index contributed by atoms with van der Waals surface area (Å²) >= 11 is 3.46. The van der Waals surface area contributed by atoms with Crippen LogP contribution < -0.4 is 10.6 Å². The number of rotatable bonds is 7. The van der Waals surface area contributed by atoms with Gasteiger partial charge in [-0.05, 0) is 52.8 Å². The first kappa shape index (κ1) is 22.2. The molecule has 0 aliphatic carbocycles. The zero-order chi connectivity index (χ0) is 20.9. The molecule has 28 heavy (non-hydrogen) atoms. The van der Waals surface area contributed by atoms with E-state index in [9.17, 15) is 9.90 Å². The minimum absolute atomic E-state index is 0.0926. The molecule has 0 aliphatic heterocycles. The highest BCUT2D eigenvalue weighted by Gasteiger charge is 2.23. The van der Waals surface area contributed by atoms with Gasteiger partial charge in [-0.25, -0.2) is 4.79 Å². The molecule has 3 N–H and O–H groups in total. The van der Waals surface area contributed by atoms with Crippen LogP contribution in [-0.2, 0) is 4.74 Å². The van der Waals surface area contributed by atoms with Gasteiger partial charge in [0.25, 0.3) is 0 Å². The van der Waals surface area contributed by atoms with Gasteiger partial charge < -0.3 is 25.4 Å². The van der Waals surface area contributed by atoms with Gasteiger partial charge in [0.2, 0.25) is 0 Å². The van der Waals surface area contributed by atoms with Crippen molar-refractivity contribution in [1.82, 2.24) is 9.88 Å². The average Bonchev–Trinajstić information content (AvgIpc) is 2.60. The molecule has 0 bridgehead atoms. The molecule has 0 saturated carbocycles. The number of hydrogen-bond donors (Lipinski definition) is 3. The lowest BCUT2D eigenvalue weighted by Gasteiger charge is -2.28. The van der Waals surface area contributed by atoms with Crippen LogP contribution in [-0.4, -0.2) is 52.5 Å². The molecule has 0 spiro atoms. The molecule has 1 heterocycles. The number of aromatic nitrogens is 1. The Balaban J connectivity index is 2.19. The molecule has 0 radical (unpaired) electrons. The number of nitrogens with one attached hydrogen (secondary N) is 2. The Morgan fingerprint density at radius 1 is 1.36 bits per heavy atom. The molecule has 1 amide bonds. The normalized spacial score (nSPS) is 12.5. The predicted molar refractivity (Wildman–Crippen MR) is 117 cm³/mol. The van der Waals surface area contributed by atoms with Crippen LogP contribution in [0.2, 0.25) is 0 Å². The number of hydrogen-bond acceptors (Lipinski definition) is 6. The average molecular weight is 453 g/mol. The number of halogens is 1. The third kappa shape index (κ3) is 5.97. The van der Waals surface area contributed by atoms with Gasteiger partial charge in [0.05, 0.1) is 29.6 Å². The van der Waals surface area contributed by atoms with Crippen LogP contribution in [0.5, 0.6) is 0 Å². The molecule has 2 aromatic rings. The molecule has 2 rings (SSSR count). The van der Waals surface area contributed by atoms with Crippen molar-refractivity contribution < 1.29 is 14.6 Å². The largest absolute Gasteiger partial charge is 0.444 e. The zero-order valence-electron chi connectivity index (χ0n) is 17.0. The quantitative estimate of drug-likeness (QED) is 0.539. The van der Waals surface area contributed by atoms with Gasteiger partial charge in [-0.3, -0.25) is 4.98 Å². The molecule has 1 unspecified atom stereocenters. The summed E-state index contributed by atoms with van der Waals surface area (Å²) in [6, 6.07) is 5.87. The number of aliphatic hydroxyl groups excluding tert-OH is 1. The van der Waals surface area contributed by atoms with Crippen LogP contribution in [0.25, 0.3) is 10.9 Å². The van der Waals surface area contributed by atoms with E-state index < -0.39 is 17.9 Å². The number of likely N-dealkylation sites (N-methyl/N-ethyl adjacent to an activating group) is 1. The molecule has 0 fully saturated rings. The first-order valence-electron chi connectivity index (χ1n) is 9.39. The fourth-order valence-corrected chi connectivity index (χ4v) is 3.09. The van der Waals surface area contributed by atoms with E-state index in [-0.39, 0.29) is 6.54 Å². The van der Waals surface area contributed by atoms with Crippen LogP contribution in [0.3, 0.4) is 0 Å². The van der Waals surface area contributed by atoms with Gasteiger partial charge in [-0.2, -0.15) is 0 Å². The van der Waals surface area contributed by atoms with Crippen molar-refractivity contribution in [3.63, 3.8) is 0 Å². The molecule has 8 heteroatoms. The predicted octanol–water partition coefficient (Wildman–Crippen LogP) is 4.42. The summed E-state index contributed by atoms with van der Waals surface area (Å²) in [7, 11) is 0. The van der Waals surface area contributed by atoms with Gasteiger partial charge in [-0.1, -0.05) is 15.9 Å².